The maximum absolute atomic E-state index is 13.8. The Morgan fingerprint density at radius 1 is 1.26 bits per heavy atom. The Balaban J connectivity index is 1.78. The molecule has 1 aromatic heterocycles. The van der Waals surface area contributed by atoms with Gasteiger partial charge in [0.1, 0.15) is 0 Å². The van der Waals surface area contributed by atoms with Gasteiger partial charge in [-0.05, 0) is 63.7 Å². The van der Waals surface area contributed by atoms with Gasteiger partial charge in [-0.3, -0.25) is 14.3 Å². The molecule has 2 aromatic rings. The number of hydrogen-bond acceptors (Lipinski definition) is 5. The van der Waals surface area contributed by atoms with Crippen molar-refractivity contribution < 1.29 is 19.4 Å². The summed E-state index contributed by atoms with van der Waals surface area (Å²) in [4.78, 5) is 26.7. The monoisotopic (exact) mass is 469 g/mol. The van der Waals surface area contributed by atoms with E-state index in [4.69, 9.17) is 9.47 Å². The molecule has 0 radical (unpaired) electrons. The number of carbonyl (C=O) groups excluding carboxylic acids is 1. The summed E-state index contributed by atoms with van der Waals surface area (Å²) in [7, 11) is 1.86. The molecule has 1 aliphatic carbocycles. The summed E-state index contributed by atoms with van der Waals surface area (Å²) in [5.74, 6) is -0.150. The van der Waals surface area contributed by atoms with Gasteiger partial charge in [0.15, 0.2) is 5.76 Å². The standard InChI is InChI=1S/C26H35N3O5/c1-4-33-26-20(11-8-14-30)21(15-22(34-26)24(31)27-16-18-12-13-18)23-17(2)28(3)29(25(23)32)19-9-6-5-7-10-19/h5-7,9-10,15,18,20-21,26,30H,4,8,11-14,16H2,1-3H3,(H,27,31). The van der Waals surface area contributed by atoms with Crippen LogP contribution in [0.5, 0.6) is 0 Å². The fourth-order valence-electron chi connectivity index (χ4n) is 4.72. The van der Waals surface area contributed by atoms with E-state index in [-0.39, 0.29) is 35.7 Å². The van der Waals surface area contributed by atoms with Gasteiger partial charge in [-0.2, -0.15) is 0 Å². The van der Waals surface area contributed by atoms with Gasteiger partial charge in [-0.25, -0.2) is 4.68 Å². The highest BCUT2D eigenvalue weighted by Crippen LogP contribution is 2.39. The van der Waals surface area contributed by atoms with E-state index in [1.54, 1.807) is 10.8 Å². The molecule has 1 aromatic carbocycles. The molecule has 4 rings (SSSR count). The second-order valence-electron chi connectivity index (χ2n) is 9.16. The number of amides is 1. The minimum absolute atomic E-state index is 0.0303. The fraction of sp³-hybridized carbons (Fsp3) is 0.538. The lowest BCUT2D eigenvalue weighted by Crippen LogP contribution is -2.40. The zero-order valence-electron chi connectivity index (χ0n) is 20.2. The summed E-state index contributed by atoms with van der Waals surface area (Å²) in [6.07, 6.45) is 4.50. The summed E-state index contributed by atoms with van der Waals surface area (Å²) in [5.41, 5.74) is 2.08. The molecular formula is C26H35N3O5. The molecule has 3 atom stereocenters. The third-order valence-electron chi connectivity index (χ3n) is 6.82. The largest absolute Gasteiger partial charge is 0.459 e. The number of carbonyl (C=O) groups is 1. The average Bonchev–Trinajstić information content (AvgIpc) is 3.64. The van der Waals surface area contributed by atoms with E-state index in [0.29, 0.717) is 37.5 Å². The van der Waals surface area contributed by atoms with E-state index < -0.39 is 6.29 Å². The Hall–Kier alpha value is -2.84. The first kappa shape index (κ1) is 24.3. The van der Waals surface area contributed by atoms with E-state index in [1.807, 2.05) is 55.9 Å². The molecule has 184 valence electrons. The molecule has 34 heavy (non-hydrogen) atoms. The van der Waals surface area contributed by atoms with E-state index in [0.717, 1.165) is 24.2 Å². The second kappa shape index (κ2) is 10.6. The number of aliphatic hydroxyl groups is 1. The smallest absolute Gasteiger partial charge is 0.286 e. The molecule has 0 saturated heterocycles. The van der Waals surface area contributed by atoms with Crippen LogP contribution in [0.25, 0.3) is 5.69 Å². The topological polar surface area (TPSA) is 94.7 Å². The summed E-state index contributed by atoms with van der Waals surface area (Å²) in [5, 5.41) is 12.5. The van der Waals surface area contributed by atoms with Crippen LogP contribution in [0, 0.1) is 18.8 Å². The number of para-hydroxylation sites is 1. The van der Waals surface area contributed by atoms with E-state index in [2.05, 4.69) is 5.32 Å². The number of allylic oxidation sites excluding steroid dienone is 1. The van der Waals surface area contributed by atoms with Gasteiger partial charge in [0.2, 0.25) is 6.29 Å². The van der Waals surface area contributed by atoms with Crippen LogP contribution < -0.4 is 10.9 Å². The molecule has 2 N–H and O–H groups in total. The number of aliphatic hydroxyl groups excluding tert-OH is 1. The van der Waals surface area contributed by atoms with Crippen molar-refractivity contribution in [2.24, 2.45) is 18.9 Å². The molecule has 8 heteroatoms. The highest BCUT2D eigenvalue weighted by Gasteiger charge is 2.41. The Bertz CT molecular complexity index is 1080. The van der Waals surface area contributed by atoms with Crippen molar-refractivity contribution >= 4 is 5.91 Å². The van der Waals surface area contributed by atoms with Gasteiger partial charge >= 0.3 is 0 Å². The van der Waals surface area contributed by atoms with Crippen molar-refractivity contribution in [2.45, 2.75) is 51.7 Å². The average molecular weight is 470 g/mol. The highest BCUT2D eigenvalue weighted by molar-refractivity contribution is 5.91. The van der Waals surface area contributed by atoms with E-state index in [1.165, 1.54) is 0 Å². The van der Waals surface area contributed by atoms with Crippen molar-refractivity contribution in [2.75, 3.05) is 19.8 Å². The normalized spacial score (nSPS) is 22.2. The van der Waals surface area contributed by atoms with E-state index >= 15 is 0 Å². The number of ether oxygens (including phenoxy) is 2. The van der Waals surface area contributed by atoms with Crippen LogP contribution in [-0.2, 0) is 21.3 Å². The van der Waals surface area contributed by atoms with Crippen molar-refractivity contribution in [3.05, 3.63) is 63.8 Å². The molecule has 2 heterocycles. The Kier molecular flexibility index (Phi) is 7.58. The second-order valence-corrected chi connectivity index (χ2v) is 9.16. The lowest BCUT2D eigenvalue weighted by atomic mass is 9.80. The fourth-order valence-corrected chi connectivity index (χ4v) is 4.72. The third kappa shape index (κ3) is 4.98. The zero-order valence-corrected chi connectivity index (χ0v) is 20.2. The number of nitrogens with one attached hydrogen (secondary N) is 1. The minimum atomic E-state index is -0.683. The van der Waals surface area contributed by atoms with Gasteiger partial charge in [0.25, 0.3) is 11.5 Å². The molecule has 1 saturated carbocycles. The molecule has 3 unspecified atom stereocenters. The minimum Gasteiger partial charge on any atom is -0.459 e. The maximum Gasteiger partial charge on any atom is 0.286 e. The van der Waals surface area contributed by atoms with Crippen LogP contribution in [0.4, 0.5) is 0 Å². The first-order valence-corrected chi connectivity index (χ1v) is 12.2. The van der Waals surface area contributed by atoms with Crippen molar-refractivity contribution in [1.29, 1.82) is 0 Å². The van der Waals surface area contributed by atoms with Crippen LogP contribution in [0.2, 0.25) is 0 Å². The predicted octanol–water partition coefficient (Wildman–Crippen LogP) is 2.76. The number of nitrogens with zero attached hydrogens (tertiary/aromatic N) is 2. The summed E-state index contributed by atoms with van der Waals surface area (Å²) >= 11 is 0. The van der Waals surface area contributed by atoms with Crippen LogP contribution in [0.3, 0.4) is 0 Å². The Morgan fingerprint density at radius 2 is 2.00 bits per heavy atom. The Morgan fingerprint density at radius 3 is 2.65 bits per heavy atom. The molecule has 0 bridgehead atoms. The lowest BCUT2D eigenvalue weighted by molar-refractivity contribution is -0.166. The first-order chi connectivity index (χ1) is 16.5. The molecule has 0 spiro atoms. The van der Waals surface area contributed by atoms with Crippen LogP contribution in [0.15, 0.2) is 47.0 Å². The SMILES string of the molecule is CCOC1OC(C(=O)NCC2CC2)=CC(c2c(C)n(C)n(-c3ccccc3)c2=O)C1CCCO. The molecule has 1 aliphatic heterocycles. The maximum atomic E-state index is 13.8. The highest BCUT2D eigenvalue weighted by atomic mass is 16.7. The summed E-state index contributed by atoms with van der Waals surface area (Å²) in [6, 6.07) is 9.50. The molecule has 2 aliphatic rings. The summed E-state index contributed by atoms with van der Waals surface area (Å²) < 4.78 is 15.5. The number of rotatable bonds is 10. The van der Waals surface area contributed by atoms with Crippen LogP contribution in [-0.4, -0.2) is 46.4 Å². The van der Waals surface area contributed by atoms with Crippen LogP contribution >= 0.6 is 0 Å². The predicted molar refractivity (Wildman–Crippen MR) is 129 cm³/mol. The van der Waals surface area contributed by atoms with Gasteiger partial charge < -0.3 is 19.9 Å². The lowest BCUT2D eigenvalue weighted by Gasteiger charge is -2.36. The van der Waals surface area contributed by atoms with Crippen molar-refractivity contribution in [3.63, 3.8) is 0 Å². The third-order valence-corrected chi connectivity index (χ3v) is 6.82. The Labute approximate surface area is 200 Å². The number of benzene rings is 1. The molecule has 8 nitrogen and oxygen atoms in total. The van der Waals surface area contributed by atoms with Gasteiger partial charge in [0, 0.05) is 49.9 Å². The van der Waals surface area contributed by atoms with Gasteiger partial charge in [-0.1, -0.05) is 18.2 Å². The first-order valence-electron chi connectivity index (χ1n) is 12.2. The number of hydrogen-bond donors (Lipinski definition) is 2. The molecular weight excluding hydrogens is 434 g/mol. The van der Waals surface area contributed by atoms with Crippen molar-refractivity contribution in [3.8, 4) is 5.69 Å². The van der Waals surface area contributed by atoms with Crippen molar-refractivity contribution in [1.82, 2.24) is 14.7 Å². The van der Waals surface area contributed by atoms with Gasteiger partial charge in [-0.15, -0.1) is 0 Å². The summed E-state index contributed by atoms with van der Waals surface area (Å²) in [6.45, 7) is 4.87. The van der Waals surface area contributed by atoms with Gasteiger partial charge in [0.05, 0.1) is 5.69 Å². The molecule has 1 fully saturated rings. The zero-order chi connectivity index (χ0) is 24.2. The van der Waals surface area contributed by atoms with E-state index in [9.17, 15) is 14.7 Å². The molecule has 1 amide bonds. The quantitative estimate of drug-likeness (QED) is 0.558. The number of aromatic nitrogens is 2. The van der Waals surface area contributed by atoms with Crippen LogP contribution in [0.1, 0.15) is 49.8 Å².